The van der Waals surface area contributed by atoms with Crippen molar-refractivity contribution in [1.82, 2.24) is 15.3 Å². The molecule has 4 rings (SSSR count). The summed E-state index contributed by atoms with van der Waals surface area (Å²) in [6.07, 6.45) is -2.90. The number of rotatable bonds is 5. The SMILES string of the molecule is Cc1ccccc1CCNC(=O)C1CCN(c2nc3ccccc3nc2C(F)(F)F)CC1. The number of alkyl halides is 3. The normalized spacial score (nSPS) is 15.2. The van der Waals surface area contributed by atoms with Crippen LogP contribution in [0.4, 0.5) is 19.0 Å². The average Bonchev–Trinajstić information content (AvgIpc) is 2.79. The molecule has 32 heavy (non-hydrogen) atoms. The van der Waals surface area contributed by atoms with E-state index in [1.807, 2.05) is 31.2 Å². The Bertz CT molecular complexity index is 1110. The number of anilines is 1. The van der Waals surface area contributed by atoms with Crippen molar-refractivity contribution in [1.29, 1.82) is 0 Å². The molecular weight excluding hydrogens is 417 g/mol. The highest BCUT2D eigenvalue weighted by molar-refractivity contribution is 5.79. The third-order valence-electron chi connectivity index (χ3n) is 5.94. The van der Waals surface area contributed by atoms with Crippen LogP contribution in [0.3, 0.4) is 0 Å². The molecule has 1 aliphatic heterocycles. The molecule has 1 fully saturated rings. The van der Waals surface area contributed by atoms with Gasteiger partial charge in [-0.3, -0.25) is 4.79 Å². The van der Waals surface area contributed by atoms with Gasteiger partial charge in [-0.15, -0.1) is 0 Å². The van der Waals surface area contributed by atoms with E-state index in [0.717, 1.165) is 6.42 Å². The van der Waals surface area contributed by atoms with Gasteiger partial charge >= 0.3 is 6.18 Å². The number of carbonyl (C=O) groups is 1. The van der Waals surface area contributed by atoms with Gasteiger partial charge in [-0.25, -0.2) is 9.97 Å². The number of hydrogen-bond donors (Lipinski definition) is 1. The lowest BCUT2D eigenvalue weighted by Crippen LogP contribution is -2.42. The number of piperidine rings is 1. The highest BCUT2D eigenvalue weighted by atomic mass is 19.4. The molecule has 0 unspecified atom stereocenters. The zero-order chi connectivity index (χ0) is 22.7. The van der Waals surface area contributed by atoms with Crippen molar-refractivity contribution >= 4 is 22.8 Å². The fourth-order valence-electron chi connectivity index (χ4n) is 4.11. The molecule has 5 nitrogen and oxygen atoms in total. The number of fused-ring (bicyclic) bond motifs is 1. The van der Waals surface area contributed by atoms with Crippen LogP contribution in [0.2, 0.25) is 0 Å². The Labute approximate surface area is 184 Å². The Morgan fingerprint density at radius 3 is 2.31 bits per heavy atom. The smallest absolute Gasteiger partial charge is 0.356 e. The van der Waals surface area contributed by atoms with Gasteiger partial charge in [0, 0.05) is 25.6 Å². The summed E-state index contributed by atoms with van der Waals surface area (Å²) in [5, 5.41) is 2.98. The molecule has 2 aromatic carbocycles. The van der Waals surface area contributed by atoms with E-state index in [2.05, 4.69) is 15.3 Å². The lowest BCUT2D eigenvalue weighted by Gasteiger charge is -2.33. The van der Waals surface area contributed by atoms with Crippen LogP contribution in [0.25, 0.3) is 11.0 Å². The van der Waals surface area contributed by atoms with Crippen molar-refractivity contribution in [3.05, 3.63) is 65.4 Å². The lowest BCUT2D eigenvalue weighted by molar-refractivity contribution is -0.140. The van der Waals surface area contributed by atoms with Gasteiger partial charge in [0.15, 0.2) is 11.5 Å². The van der Waals surface area contributed by atoms with E-state index in [4.69, 9.17) is 0 Å². The second-order valence-electron chi connectivity index (χ2n) is 8.11. The molecule has 8 heteroatoms. The Balaban J connectivity index is 1.39. The predicted octanol–water partition coefficient (Wildman–Crippen LogP) is 4.53. The van der Waals surface area contributed by atoms with Gasteiger partial charge in [0.2, 0.25) is 5.91 Å². The minimum atomic E-state index is -4.60. The van der Waals surface area contributed by atoms with Gasteiger partial charge in [-0.2, -0.15) is 13.2 Å². The van der Waals surface area contributed by atoms with Gasteiger partial charge in [0.25, 0.3) is 0 Å². The van der Waals surface area contributed by atoms with Crippen LogP contribution >= 0.6 is 0 Å². The standard InChI is InChI=1S/C24H25F3N4O/c1-16-6-2-3-7-17(16)10-13-28-23(32)18-11-14-31(15-12-18)22-21(24(25,26)27)29-19-8-4-5-9-20(19)30-22/h2-9,18H,10-15H2,1H3,(H,28,32). The number of nitrogens with zero attached hydrogens (tertiary/aromatic N) is 3. The molecule has 0 aliphatic carbocycles. The molecule has 1 N–H and O–H groups in total. The largest absolute Gasteiger partial charge is 0.437 e. The molecule has 2 heterocycles. The molecule has 1 amide bonds. The maximum Gasteiger partial charge on any atom is 0.437 e. The monoisotopic (exact) mass is 442 g/mol. The summed E-state index contributed by atoms with van der Waals surface area (Å²) in [7, 11) is 0. The highest BCUT2D eigenvalue weighted by Gasteiger charge is 2.39. The van der Waals surface area contributed by atoms with Crippen LogP contribution < -0.4 is 10.2 Å². The highest BCUT2D eigenvalue weighted by Crippen LogP contribution is 2.36. The first-order chi connectivity index (χ1) is 15.3. The number of halogens is 3. The molecule has 0 radical (unpaired) electrons. The molecule has 1 aliphatic rings. The number of amides is 1. The fourth-order valence-corrected chi connectivity index (χ4v) is 4.11. The van der Waals surface area contributed by atoms with E-state index in [1.54, 1.807) is 23.1 Å². The van der Waals surface area contributed by atoms with Crippen molar-refractivity contribution in [2.24, 2.45) is 5.92 Å². The lowest BCUT2D eigenvalue weighted by atomic mass is 9.95. The van der Waals surface area contributed by atoms with E-state index in [1.165, 1.54) is 17.2 Å². The van der Waals surface area contributed by atoms with Crippen LogP contribution in [0, 0.1) is 12.8 Å². The van der Waals surface area contributed by atoms with Gasteiger partial charge in [0.05, 0.1) is 11.0 Å². The zero-order valence-corrected chi connectivity index (χ0v) is 17.8. The number of benzene rings is 2. The quantitative estimate of drug-likeness (QED) is 0.631. The van der Waals surface area contributed by atoms with Crippen molar-refractivity contribution in [2.75, 3.05) is 24.5 Å². The summed E-state index contributed by atoms with van der Waals surface area (Å²) in [5.74, 6) is -0.417. The van der Waals surface area contributed by atoms with Crippen LogP contribution in [0.1, 0.15) is 29.7 Å². The Morgan fingerprint density at radius 1 is 1.03 bits per heavy atom. The predicted molar refractivity (Wildman–Crippen MR) is 117 cm³/mol. The number of aromatic nitrogens is 2. The van der Waals surface area contributed by atoms with E-state index in [0.29, 0.717) is 38.0 Å². The van der Waals surface area contributed by atoms with Crippen molar-refractivity contribution in [2.45, 2.75) is 32.4 Å². The molecule has 3 aromatic rings. The van der Waals surface area contributed by atoms with Crippen molar-refractivity contribution < 1.29 is 18.0 Å². The van der Waals surface area contributed by atoms with Crippen LogP contribution in [-0.4, -0.2) is 35.5 Å². The van der Waals surface area contributed by atoms with Gasteiger partial charge in [-0.05, 0) is 49.4 Å². The number of aryl methyl sites for hydroxylation is 1. The minimum absolute atomic E-state index is 0.0427. The van der Waals surface area contributed by atoms with E-state index >= 15 is 0 Å². The van der Waals surface area contributed by atoms with E-state index < -0.39 is 11.9 Å². The molecule has 0 saturated carbocycles. The molecular formula is C24H25F3N4O. The fraction of sp³-hybridized carbons (Fsp3) is 0.375. The summed E-state index contributed by atoms with van der Waals surface area (Å²) in [4.78, 5) is 22.3. The third-order valence-corrected chi connectivity index (χ3v) is 5.94. The zero-order valence-electron chi connectivity index (χ0n) is 17.8. The van der Waals surface area contributed by atoms with Crippen LogP contribution in [0.5, 0.6) is 0 Å². The summed E-state index contributed by atoms with van der Waals surface area (Å²) >= 11 is 0. The second kappa shape index (κ2) is 9.14. The van der Waals surface area contributed by atoms with Crippen molar-refractivity contribution in [3.8, 4) is 0 Å². The summed E-state index contributed by atoms with van der Waals surface area (Å²) in [6, 6.07) is 14.6. The van der Waals surface area contributed by atoms with E-state index in [9.17, 15) is 18.0 Å². The molecule has 168 valence electrons. The first-order valence-electron chi connectivity index (χ1n) is 10.7. The van der Waals surface area contributed by atoms with Gasteiger partial charge in [0.1, 0.15) is 0 Å². The molecule has 0 spiro atoms. The second-order valence-corrected chi connectivity index (χ2v) is 8.11. The van der Waals surface area contributed by atoms with Crippen LogP contribution in [-0.2, 0) is 17.4 Å². The summed E-state index contributed by atoms with van der Waals surface area (Å²) in [6.45, 7) is 3.23. The number of para-hydroxylation sites is 2. The van der Waals surface area contributed by atoms with Gasteiger partial charge in [-0.1, -0.05) is 36.4 Å². The Morgan fingerprint density at radius 2 is 1.66 bits per heavy atom. The molecule has 0 atom stereocenters. The molecule has 0 bridgehead atoms. The summed E-state index contributed by atoms with van der Waals surface area (Å²) < 4.78 is 41.0. The number of hydrogen-bond acceptors (Lipinski definition) is 4. The first-order valence-corrected chi connectivity index (χ1v) is 10.7. The topological polar surface area (TPSA) is 58.1 Å². The minimum Gasteiger partial charge on any atom is -0.356 e. The van der Waals surface area contributed by atoms with Crippen LogP contribution in [0.15, 0.2) is 48.5 Å². The van der Waals surface area contributed by atoms with Crippen molar-refractivity contribution in [3.63, 3.8) is 0 Å². The Kier molecular flexibility index (Phi) is 6.30. The maximum absolute atomic E-state index is 13.7. The summed E-state index contributed by atoms with van der Waals surface area (Å²) in [5.41, 5.74) is 2.04. The molecule has 1 aromatic heterocycles. The number of carbonyl (C=O) groups excluding carboxylic acids is 1. The van der Waals surface area contributed by atoms with Gasteiger partial charge < -0.3 is 10.2 Å². The number of nitrogens with one attached hydrogen (secondary N) is 1. The third kappa shape index (κ3) is 4.84. The molecule has 1 saturated heterocycles. The maximum atomic E-state index is 13.7. The first kappa shape index (κ1) is 22.0. The Hall–Kier alpha value is -3.16. The average molecular weight is 442 g/mol. The van der Waals surface area contributed by atoms with E-state index in [-0.39, 0.29) is 23.2 Å².